The molecule has 20 heavy (non-hydrogen) atoms. The zero-order valence-corrected chi connectivity index (χ0v) is 11.0. The summed E-state index contributed by atoms with van der Waals surface area (Å²) in [6, 6.07) is 4.12. The molecule has 104 valence electrons. The highest BCUT2D eigenvalue weighted by atomic mass is 19.1. The molecule has 1 aromatic carbocycles. The highest BCUT2D eigenvalue weighted by Gasteiger charge is 2.25. The van der Waals surface area contributed by atoms with Crippen molar-refractivity contribution < 1.29 is 9.18 Å². The van der Waals surface area contributed by atoms with Gasteiger partial charge in [-0.05, 0) is 30.7 Å². The van der Waals surface area contributed by atoms with Crippen LogP contribution in [0.5, 0.6) is 0 Å². The molecule has 1 aliphatic heterocycles. The number of imidazole rings is 1. The lowest BCUT2D eigenvalue weighted by molar-refractivity contribution is -0.118. The number of carbonyl (C=O) groups excluding carboxylic acids is 1. The average Bonchev–Trinajstić information content (AvgIpc) is 2.84. The monoisotopic (exact) mass is 274 g/mol. The fraction of sp³-hybridized carbons (Fsp3) is 0.286. The minimum Gasteiger partial charge on any atom is -0.347 e. The molecule has 0 spiro atoms. The number of anilines is 1. The molecular weight excluding hydrogens is 259 g/mol. The normalized spacial score (nSPS) is 17.6. The third-order valence-corrected chi connectivity index (χ3v) is 3.36. The number of hydrogen-bond donors (Lipinski definition) is 3. The molecule has 6 heteroatoms. The van der Waals surface area contributed by atoms with E-state index in [1.54, 1.807) is 19.3 Å². The van der Waals surface area contributed by atoms with Crippen LogP contribution in [0.15, 0.2) is 24.5 Å². The first-order valence-corrected chi connectivity index (χ1v) is 6.44. The number of nitrogens with zero attached hydrogens (tertiary/aromatic N) is 1. The highest BCUT2D eigenvalue weighted by Crippen LogP contribution is 2.16. The van der Waals surface area contributed by atoms with E-state index >= 15 is 0 Å². The maximum atomic E-state index is 13.3. The van der Waals surface area contributed by atoms with Crippen LogP contribution in [-0.4, -0.2) is 21.9 Å². The largest absolute Gasteiger partial charge is 0.347 e. The number of aromatic amines is 1. The number of benzene rings is 1. The minimum atomic E-state index is -0.355. The number of amides is 1. The van der Waals surface area contributed by atoms with Crippen LogP contribution in [0.2, 0.25) is 0 Å². The number of carbonyl (C=O) groups is 1. The highest BCUT2D eigenvalue weighted by molar-refractivity contribution is 5.95. The Morgan fingerprint density at radius 2 is 2.30 bits per heavy atom. The van der Waals surface area contributed by atoms with Gasteiger partial charge in [-0.25, -0.2) is 9.37 Å². The van der Waals surface area contributed by atoms with Crippen molar-refractivity contribution in [2.45, 2.75) is 25.9 Å². The summed E-state index contributed by atoms with van der Waals surface area (Å²) in [5.41, 5.74) is 3.16. The maximum Gasteiger partial charge on any atom is 0.241 e. The smallest absolute Gasteiger partial charge is 0.241 e. The van der Waals surface area contributed by atoms with Crippen molar-refractivity contribution in [1.29, 1.82) is 0 Å². The molecule has 2 heterocycles. The van der Waals surface area contributed by atoms with Crippen LogP contribution in [0.3, 0.4) is 0 Å². The van der Waals surface area contributed by atoms with Gasteiger partial charge in [0.2, 0.25) is 5.91 Å². The van der Waals surface area contributed by atoms with Crippen LogP contribution < -0.4 is 10.6 Å². The molecule has 1 amide bonds. The molecule has 1 unspecified atom stereocenters. The van der Waals surface area contributed by atoms with E-state index in [2.05, 4.69) is 20.6 Å². The number of aromatic nitrogens is 2. The molecule has 0 radical (unpaired) electrons. The van der Waals surface area contributed by atoms with Gasteiger partial charge in [0.25, 0.3) is 0 Å². The average molecular weight is 274 g/mol. The molecule has 0 aliphatic carbocycles. The summed E-state index contributed by atoms with van der Waals surface area (Å²) < 4.78 is 13.3. The summed E-state index contributed by atoms with van der Waals surface area (Å²) >= 11 is 0. The summed E-state index contributed by atoms with van der Waals surface area (Å²) in [6.45, 7) is 2.36. The maximum absolute atomic E-state index is 13.3. The van der Waals surface area contributed by atoms with E-state index in [1.807, 2.05) is 0 Å². The first-order valence-electron chi connectivity index (χ1n) is 6.44. The topological polar surface area (TPSA) is 69.8 Å². The number of rotatable bonds is 2. The van der Waals surface area contributed by atoms with E-state index in [0.29, 0.717) is 18.7 Å². The van der Waals surface area contributed by atoms with E-state index in [9.17, 15) is 9.18 Å². The van der Waals surface area contributed by atoms with Gasteiger partial charge in [0, 0.05) is 18.7 Å². The van der Waals surface area contributed by atoms with Crippen molar-refractivity contribution in [3.63, 3.8) is 0 Å². The van der Waals surface area contributed by atoms with Crippen molar-refractivity contribution in [3.05, 3.63) is 47.3 Å². The molecule has 1 aliphatic rings. The Kier molecular flexibility index (Phi) is 3.23. The zero-order valence-electron chi connectivity index (χ0n) is 11.0. The zero-order chi connectivity index (χ0) is 14.1. The molecule has 0 bridgehead atoms. The Morgan fingerprint density at radius 3 is 3.10 bits per heavy atom. The molecule has 2 aromatic rings. The van der Waals surface area contributed by atoms with Gasteiger partial charge in [-0.3, -0.25) is 10.1 Å². The molecule has 1 aromatic heterocycles. The lowest BCUT2D eigenvalue weighted by atomic mass is 10.0. The van der Waals surface area contributed by atoms with Gasteiger partial charge in [0.1, 0.15) is 5.82 Å². The number of H-pyrrole nitrogens is 1. The second kappa shape index (κ2) is 5.05. The van der Waals surface area contributed by atoms with Crippen molar-refractivity contribution in [1.82, 2.24) is 15.3 Å². The van der Waals surface area contributed by atoms with Gasteiger partial charge in [-0.15, -0.1) is 0 Å². The molecule has 3 rings (SSSR count). The Balaban J connectivity index is 1.71. The van der Waals surface area contributed by atoms with E-state index in [1.165, 1.54) is 12.1 Å². The summed E-state index contributed by atoms with van der Waals surface area (Å²) in [5, 5.41) is 5.87. The lowest BCUT2D eigenvalue weighted by Gasteiger charge is -2.22. The number of halogens is 1. The van der Waals surface area contributed by atoms with Crippen molar-refractivity contribution >= 4 is 11.6 Å². The van der Waals surface area contributed by atoms with Gasteiger partial charge in [-0.1, -0.05) is 0 Å². The fourth-order valence-corrected chi connectivity index (χ4v) is 2.39. The Hall–Kier alpha value is -2.21. The van der Waals surface area contributed by atoms with Gasteiger partial charge < -0.3 is 10.3 Å². The van der Waals surface area contributed by atoms with E-state index in [4.69, 9.17) is 0 Å². The molecule has 3 N–H and O–H groups in total. The Bertz CT molecular complexity index is 632. The molecule has 0 saturated carbocycles. The second-order valence-corrected chi connectivity index (χ2v) is 4.97. The predicted molar refractivity (Wildman–Crippen MR) is 72.7 cm³/mol. The quantitative estimate of drug-likeness (QED) is 0.777. The fourth-order valence-electron chi connectivity index (χ4n) is 2.39. The summed E-state index contributed by atoms with van der Waals surface area (Å²) in [4.78, 5) is 19.4. The van der Waals surface area contributed by atoms with Gasteiger partial charge in [0.15, 0.2) is 0 Å². The number of fused-ring (bicyclic) bond motifs is 1. The minimum absolute atomic E-state index is 0.177. The number of nitrogens with one attached hydrogen (secondary N) is 3. The van der Waals surface area contributed by atoms with Crippen molar-refractivity contribution in [2.24, 2.45) is 0 Å². The van der Waals surface area contributed by atoms with Crippen LogP contribution in [0.4, 0.5) is 10.1 Å². The third kappa shape index (κ3) is 2.55. The SMILES string of the molecule is Cc1cc(F)cc(NC(=O)C2Cc3nc[nH]c3CN2)c1. The standard InChI is InChI=1S/C14H15FN4O/c1-8-2-9(15)4-10(3-8)19-14(20)12-5-11-13(6-16-12)18-7-17-11/h2-4,7,12,16H,5-6H2,1H3,(H,17,18)(H,19,20). The summed E-state index contributed by atoms with van der Waals surface area (Å²) in [7, 11) is 0. The number of aryl methyl sites for hydroxylation is 1. The van der Waals surface area contributed by atoms with Crippen LogP contribution in [0.1, 0.15) is 17.0 Å². The summed E-state index contributed by atoms with van der Waals surface area (Å²) in [5.74, 6) is -0.532. The van der Waals surface area contributed by atoms with Crippen LogP contribution in [0, 0.1) is 12.7 Å². The van der Waals surface area contributed by atoms with E-state index < -0.39 is 0 Å². The van der Waals surface area contributed by atoms with Gasteiger partial charge in [-0.2, -0.15) is 0 Å². The van der Waals surface area contributed by atoms with E-state index in [0.717, 1.165) is 17.0 Å². The summed E-state index contributed by atoms with van der Waals surface area (Å²) in [6.07, 6.45) is 2.15. The van der Waals surface area contributed by atoms with E-state index in [-0.39, 0.29) is 17.8 Å². The second-order valence-electron chi connectivity index (χ2n) is 4.97. The van der Waals surface area contributed by atoms with Crippen LogP contribution >= 0.6 is 0 Å². The molecule has 0 saturated heterocycles. The third-order valence-electron chi connectivity index (χ3n) is 3.36. The molecule has 1 atom stereocenters. The molecule has 5 nitrogen and oxygen atoms in total. The number of hydrogen-bond acceptors (Lipinski definition) is 3. The lowest BCUT2D eigenvalue weighted by Crippen LogP contribution is -2.44. The molecule has 0 fully saturated rings. The Morgan fingerprint density at radius 1 is 1.45 bits per heavy atom. The van der Waals surface area contributed by atoms with Crippen LogP contribution in [-0.2, 0) is 17.8 Å². The van der Waals surface area contributed by atoms with Crippen LogP contribution in [0.25, 0.3) is 0 Å². The van der Waals surface area contributed by atoms with Gasteiger partial charge >= 0.3 is 0 Å². The molecular formula is C14H15FN4O. The first-order chi connectivity index (χ1) is 9.61. The predicted octanol–water partition coefficient (Wildman–Crippen LogP) is 1.51. The first kappa shape index (κ1) is 12.8. The van der Waals surface area contributed by atoms with Crippen molar-refractivity contribution in [2.75, 3.05) is 5.32 Å². The Labute approximate surface area is 115 Å². The van der Waals surface area contributed by atoms with Gasteiger partial charge in [0.05, 0.1) is 23.8 Å². The van der Waals surface area contributed by atoms with Crippen molar-refractivity contribution in [3.8, 4) is 0 Å².